The summed E-state index contributed by atoms with van der Waals surface area (Å²) in [4.78, 5) is 3.95. The summed E-state index contributed by atoms with van der Waals surface area (Å²) in [6.45, 7) is 1.93. The van der Waals surface area contributed by atoms with Gasteiger partial charge in [0.05, 0.1) is 12.8 Å². The van der Waals surface area contributed by atoms with E-state index < -0.39 is 0 Å². The number of aryl methyl sites for hydroxylation is 1. The quantitative estimate of drug-likeness (QED) is 0.629. The van der Waals surface area contributed by atoms with Crippen LogP contribution in [0.3, 0.4) is 0 Å². The molecular formula is C7H10N2O. The van der Waals surface area contributed by atoms with Crippen molar-refractivity contribution in [2.75, 3.05) is 12.8 Å². The number of methoxy groups -OCH3 is 1. The van der Waals surface area contributed by atoms with Crippen molar-refractivity contribution in [1.29, 1.82) is 0 Å². The summed E-state index contributed by atoms with van der Waals surface area (Å²) in [5.41, 5.74) is 7.17. The van der Waals surface area contributed by atoms with Crippen LogP contribution in [-0.2, 0) is 0 Å². The van der Waals surface area contributed by atoms with Gasteiger partial charge >= 0.3 is 0 Å². The second-order valence-corrected chi connectivity index (χ2v) is 2.11. The van der Waals surface area contributed by atoms with Gasteiger partial charge in [0, 0.05) is 6.20 Å². The Kier molecular flexibility index (Phi) is 1.76. The summed E-state index contributed by atoms with van der Waals surface area (Å²) in [5, 5.41) is 0. The number of ether oxygens (including phenoxy) is 1. The summed E-state index contributed by atoms with van der Waals surface area (Å²) in [7, 11) is 1.55. The molecule has 1 aromatic rings. The van der Waals surface area contributed by atoms with Crippen LogP contribution >= 0.6 is 0 Å². The van der Waals surface area contributed by atoms with E-state index in [0.29, 0.717) is 11.6 Å². The third-order valence-corrected chi connectivity index (χ3v) is 1.21. The molecule has 0 unspecified atom stereocenters. The molecule has 0 bridgehead atoms. The highest BCUT2D eigenvalue weighted by Crippen LogP contribution is 2.16. The number of rotatable bonds is 1. The Bertz CT molecular complexity index is 235. The first kappa shape index (κ1) is 6.86. The third kappa shape index (κ3) is 1.18. The fraction of sp³-hybridized carbons (Fsp3) is 0.286. The lowest BCUT2D eigenvalue weighted by atomic mass is 10.3. The lowest BCUT2D eigenvalue weighted by Crippen LogP contribution is -1.95. The molecule has 0 aliphatic carbocycles. The summed E-state index contributed by atoms with van der Waals surface area (Å²) in [6, 6.07) is 1.83. The highest BCUT2D eigenvalue weighted by molar-refractivity contribution is 5.48. The van der Waals surface area contributed by atoms with Gasteiger partial charge in [0.25, 0.3) is 0 Å². The topological polar surface area (TPSA) is 48.1 Å². The van der Waals surface area contributed by atoms with E-state index in [9.17, 15) is 0 Å². The Morgan fingerprint density at radius 3 is 2.80 bits per heavy atom. The van der Waals surface area contributed by atoms with Crippen LogP contribution in [0.15, 0.2) is 12.3 Å². The largest absolute Gasteiger partial charge is 0.480 e. The predicted octanol–water partition coefficient (Wildman–Crippen LogP) is 0.981. The molecule has 0 aliphatic rings. The minimum absolute atomic E-state index is 0.491. The van der Waals surface area contributed by atoms with Gasteiger partial charge in [0.2, 0.25) is 5.88 Å². The zero-order chi connectivity index (χ0) is 7.56. The Hall–Kier alpha value is -1.25. The molecule has 0 radical (unpaired) electrons. The highest BCUT2D eigenvalue weighted by Gasteiger charge is 1.97. The fourth-order valence-electron chi connectivity index (χ4n) is 0.750. The van der Waals surface area contributed by atoms with E-state index in [1.54, 1.807) is 13.3 Å². The molecule has 0 fully saturated rings. The van der Waals surface area contributed by atoms with Crippen LogP contribution in [0, 0.1) is 6.92 Å². The standard InChI is InChI=1S/C7H10N2O/c1-5-3-6(8)7(10-2)9-4-5/h3-4H,8H2,1-2H3. The van der Waals surface area contributed by atoms with Crippen LogP contribution in [0.5, 0.6) is 5.88 Å². The number of hydrogen-bond acceptors (Lipinski definition) is 3. The molecule has 0 saturated heterocycles. The van der Waals surface area contributed by atoms with Gasteiger partial charge < -0.3 is 10.5 Å². The maximum atomic E-state index is 5.54. The van der Waals surface area contributed by atoms with Crippen molar-refractivity contribution in [1.82, 2.24) is 4.98 Å². The number of nitrogens with two attached hydrogens (primary N) is 1. The molecule has 54 valence electrons. The van der Waals surface area contributed by atoms with Crippen LogP contribution in [0.2, 0.25) is 0 Å². The number of nitrogen functional groups attached to an aromatic ring is 1. The Morgan fingerprint density at radius 2 is 2.30 bits per heavy atom. The van der Waals surface area contributed by atoms with E-state index in [2.05, 4.69) is 4.98 Å². The maximum absolute atomic E-state index is 5.54. The molecule has 0 saturated carbocycles. The van der Waals surface area contributed by atoms with Gasteiger partial charge in [-0.3, -0.25) is 0 Å². The lowest BCUT2D eigenvalue weighted by Gasteiger charge is -2.01. The molecule has 0 aliphatic heterocycles. The van der Waals surface area contributed by atoms with Crippen LogP contribution < -0.4 is 10.5 Å². The Balaban J connectivity index is 3.07. The zero-order valence-corrected chi connectivity index (χ0v) is 6.09. The number of anilines is 1. The van der Waals surface area contributed by atoms with Crippen LogP contribution in [0.1, 0.15) is 5.56 Å². The molecule has 3 heteroatoms. The smallest absolute Gasteiger partial charge is 0.236 e. The van der Waals surface area contributed by atoms with Gasteiger partial charge in [-0.2, -0.15) is 0 Å². The Morgan fingerprint density at radius 1 is 1.60 bits per heavy atom. The molecule has 1 aromatic heterocycles. The molecule has 0 spiro atoms. The van der Waals surface area contributed by atoms with E-state index in [4.69, 9.17) is 10.5 Å². The third-order valence-electron chi connectivity index (χ3n) is 1.21. The van der Waals surface area contributed by atoms with E-state index >= 15 is 0 Å². The van der Waals surface area contributed by atoms with Gasteiger partial charge in [-0.05, 0) is 18.6 Å². The first-order chi connectivity index (χ1) is 4.74. The van der Waals surface area contributed by atoms with Gasteiger partial charge in [-0.15, -0.1) is 0 Å². The van der Waals surface area contributed by atoms with Crippen LogP contribution in [0.4, 0.5) is 5.69 Å². The zero-order valence-electron chi connectivity index (χ0n) is 6.09. The second kappa shape index (κ2) is 2.56. The van der Waals surface area contributed by atoms with E-state index in [1.807, 2.05) is 13.0 Å². The molecule has 1 heterocycles. The van der Waals surface area contributed by atoms with Crippen molar-refractivity contribution in [2.24, 2.45) is 0 Å². The van der Waals surface area contributed by atoms with Gasteiger partial charge in [0.15, 0.2) is 0 Å². The summed E-state index contributed by atoms with van der Waals surface area (Å²) in [5.74, 6) is 0.491. The number of hydrogen-bond donors (Lipinski definition) is 1. The Labute approximate surface area is 59.8 Å². The average molecular weight is 138 g/mol. The lowest BCUT2D eigenvalue weighted by molar-refractivity contribution is 0.400. The van der Waals surface area contributed by atoms with Crippen molar-refractivity contribution in [2.45, 2.75) is 6.92 Å². The second-order valence-electron chi connectivity index (χ2n) is 2.11. The normalized spacial score (nSPS) is 9.40. The van der Waals surface area contributed by atoms with E-state index in [1.165, 1.54) is 0 Å². The molecule has 0 aromatic carbocycles. The van der Waals surface area contributed by atoms with Crippen molar-refractivity contribution in [3.05, 3.63) is 17.8 Å². The monoisotopic (exact) mass is 138 g/mol. The molecule has 2 N–H and O–H groups in total. The fourth-order valence-corrected chi connectivity index (χ4v) is 0.750. The van der Waals surface area contributed by atoms with Crippen molar-refractivity contribution in [3.8, 4) is 5.88 Å². The summed E-state index contributed by atoms with van der Waals surface area (Å²) < 4.78 is 4.86. The predicted molar refractivity (Wildman–Crippen MR) is 39.9 cm³/mol. The minimum Gasteiger partial charge on any atom is -0.480 e. The van der Waals surface area contributed by atoms with Gasteiger partial charge in [0.1, 0.15) is 0 Å². The molecular weight excluding hydrogens is 128 g/mol. The van der Waals surface area contributed by atoms with Crippen molar-refractivity contribution >= 4 is 5.69 Å². The van der Waals surface area contributed by atoms with Crippen LogP contribution in [-0.4, -0.2) is 12.1 Å². The average Bonchev–Trinajstić information content (AvgIpc) is 1.88. The number of pyridine rings is 1. The SMILES string of the molecule is COc1ncc(C)cc1N. The first-order valence-electron chi connectivity index (χ1n) is 3.00. The molecule has 10 heavy (non-hydrogen) atoms. The molecule has 0 amide bonds. The first-order valence-corrected chi connectivity index (χ1v) is 3.00. The molecule has 1 rings (SSSR count). The highest BCUT2D eigenvalue weighted by atomic mass is 16.5. The maximum Gasteiger partial charge on any atom is 0.236 e. The summed E-state index contributed by atoms with van der Waals surface area (Å²) >= 11 is 0. The van der Waals surface area contributed by atoms with E-state index in [0.717, 1.165) is 5.56 Å². The summed E-state index contributed by atoms with van der Waals surface area (Å²) in [6.07, 6.45) is 1.72. The van der Waals surface area contributed by atoms with Crippen LogP contribution in [0.25, 0.3) is 0 Å². The van der Waals surface area contributed by atoms with Gasteiger partial charge in [-0.1, -0.05) is 0 Å². The molecule has 0 atom stereocenters. The molecule has 3 nitrogen and oxygen atoms in total. The minimum atomic E-state index is 0.491. The number of aromatic nitrogens is 1. The van der Waals surface area contributed by atoms with Gasteiger partial charge in [-0.25, -0.2) is 4.98 Å². The van der Waals surface area contributed by atoms with Crippen molar-refractivity contribution < 1.29 is 4.74 Å². The van der Waals surface area contributed by atoms with Crippen molar-refractivity contribution in [3.63, 3.8) is 0 Å². The van der Waals surface area contributed by atoms with E-state index in [-0.39, 0.29) is 0 Å². The number of nitrogens with zero attached hydrogens (tertiary/aromatic N) is 1.